The zero-order valence-electron chi connectivity index (χ0n) is 22.5. The number of amides is 1. The lowest BCUT2D eigenvalue weighted by atomic mass is 10.3. The summed E-state index contributed by atoms with van der Waals surface area (Å²) in [5.74, 6) is -0.912. The summed E-state index contributed by atoms with van der Waals surface area (Å²) in [5, 5.41) is 2.75. The molecular weight excluding hydrogens is 644 g/mol. The van der Waals surface area contributed by atoms with Gasteiger partial charge in [0, 0.05) is 11.8 Å². The Morgan fingerprint density at radius 1 is 0.837 bits per heavy atom. The molecule has 0 atom stereocenters. The maximum absolute atomic E-state index is 13.7. The molecule has 0 unspecified atom stereocenters. The molecule has 10 nitrogen and oxygen atoms in total. The molecule has 0 bridgehead atoms. The van der Waals surface area contributed by atoms with E-state index in [1.165, 1.54) is 87.0 Å². The number of anilines is 3. The minimum Gasteiger partial charge on any atom is -0.493 e. The molecule has 0 spiro atoms. The van der Waals surface area contributed by atoms with Crippen LogP contribution >= 0.6 is 23.2 Å². The maximum atomic E-state index is 13.7. The highest BCUT2D eigenvalue weighted by Gasteiger charge is 2.29. The van der Waals surface area contributed by atoms with E-state index in [2.05, 4.69) is 10.0 Å². The smallest absolute Gasteiger partial charge is 0.264 e. The molecule has 4 aromatic rings. The fourth-order valence-corrected chi connectivity index (χ4v) is 6.77. The largest absolute Gasteiger partial charge is 0.493 e. The van der Waals surface area contributed by atoms with Crippen molar-refractivity contribution in [3.8, 4) is 11.5 Å². The van der Waals surface area contributed by atoms with Gasteiger partial charge in [-0.3, -0.25) is 13.8 Å². The highest BCUT2D eigenvalue weighted by molar-refractivity contribution is 7.93. The lowest BCUT2D eigenvalue weighted by molar-refractivity contribution is -0.114. The zero-order chi connectivity index (χ0) is 31.4. The Balaban J connectivity index is 1.56. The molecule has 0 saturated carbocycles. The van der Waals surface area contributed by atoms with E-state index in [-0.39, 0.29) is 42.6 Å². The average Bonchev–Trinajstić information content (AvgIpc) is 2.98. The first kappa shape index (κ1) is 31.9. The van der Waals surface area contributed by atoms with E-state index >= 15 is 0 Å². The van der Waals surface area contributed by atoms with E-state index in [0.29, 0.717) is 5.75 Å². The van der Waals surface area contributed by atoms with Gasteiger partial charge in [0.1, 0.15) is 12.4 Å². The third-order valence-electron chi connectivity index (χ3n) is 5.99. The Labute approximate surface area is 258 Å². The standard InChI is InChI=1S/C28H24Cl2FN3O7S2/c1-40-25-15-14-22(16-26(25)41-2)43(38,39)34(20-10-6-18(31)7-11-20)17-27(35)32-19-8-12-21(13-9-19)42(36,37)33-24-5-3-4-23(29)28(24)30/h3-16,33H,17H2,1-2H3,(H,32,35). The molecule has 2 N–H and O–H groups in total. The molecule has 0 fully saturated rings. The van der Waals surface area contributed by atoms with Gasteiger partial charge in [-0.05, 0) is 72.8 Å². The van der Waals surface area contributed by atoms with Gasteiger partial charge in [-0.2, -0.15) is 0 Å². The minimum absolute atomic E-state index is 0.0264. The van der Waals surface area contributed by atoms with Crippen molar-refractivity contribution in [2.45, 2.75) is 9.79 Å². The van der Waals surface area contributed by atoms with E-state index in [4.69, 9.17) is 32.7 Å². The number of carbonyl (C=O) groups is 1. The van der Waals surface area contributed by atoms with Crippen molar-refractivity contribution in [3.63, 3.8) is 0 Å². The van der Waals surface area contributed by atoms with Gasteiger partial charge >= 0.3 is 0 Å². The predicted molar refractivity (Wildman–Crippen MR) is 163 cm³/mol. The second-order valence-corrected chi connectivity index (χ2v) is 13.1. The van der Waals surface area contributed by atoms with E-state index in [1.54, 1.807) is 0 Å². The lowest BCUT2D eigenvalue weighted by Gasteiger charge is -2.24. The number of halogens is 3. The quantitative estimate of drug-likeness (QED) is 0.207. The van der Waals surface area contributed by atoms with Gasteiger partial charge < -0.3 is 14.8 Å². The number of methoxy groups -OCH3 is 2. The van der Waals surface area contributed by atoms with Crippen LogP contribution in [-0.4, -0.2) is 43.5 Å². The molecule has 0 aliphatic heterocycles. The summed E-state index contributed by atoms with van der Waals surface area (Å²) in [6.45, 7) is -0.697. The van der Waals surface area contributed by atoms with Gasteiger partial charge in [0.05, 0.1) is 45.4 Å². The fraction of sp³-hybridized carbons (Fsp3) is 0.107. The van der Waals surface area contributed by atoms with Gasteiger partial charge in [0.25, 0.3) is 20.0 Å². The molecule has 0 aromatic heterocycles. The second-order valence-electron chi connectivity index (χ2n) is 8.78. The lowest BCUT2D eigenvalue weighted by Crippen LogP contribution is -2.38. The monoisotopic (exact) mass is 667 g/mol. The van der Waals surface area contributed by atoms with Crippen molar-refractivity contribution >= 4 is 66.2 Å². The molecule has 4 rings (SSSR count). The van der Waals surface area contributed by atoms with Crippen LogP contribution in [0.15, 0.2) is 94.7 Å². The van der Waals surface area contributed by atoms with Gasteiger partial charge in [-0.25, -0.2) is 21.2 Å². The number of carbonyl (C=O) groups excluding carboxylic acids is 1. The molecular formula is C28H24Cl2FN3O7S2. The van der Waals surface area contributed by atoms with Gasteiger partial charge in [-0.1, -0.05) is 29.3 Å². The number of hydrogen-bond acceptors (Lipinski definition) is 7. The number of benzene rings is 4. The van der Waals surface area contributed by atoms with Crippen molar-refractivity contribution in [2.75, 3.05) is 35.1 Å². The third-order valence-corrected chi connectivity index (χ3v) is 9.96. The molecule has 43 heavy (non-hydrogen) atoms. The molecule has 0 radical (unpaired) electrons. The number of hydrogen-bond donors (Lipinski definition) is 2. The number of nitrogens with one attached hydrogen (secondary N) is 2. The van der Waals surface area contributed by atoms with Crippen molar-refractivity contribution in [1.82, 2.24) is 0 Å². The molecule has 0 heterocycles. The van der Waals surface area contributed by atoms with E-state index in [1.807, 2.05) is 0 Å². The van der Waals surface area contributed by atoms with Crippen LogP contribution in [0.2, 0.25) is 10.0 Å². The normalized spacial score (nSPS) is 11.5. The van der Waals surface area contributed by atoms with Gasteiger partial charge in [-0.15, -0.1) is 0 Å². The molecule has 4 aromatic carbocycles. The van der Waals surface area contributed by atoms with Gasteiger partial charge in [0.15, 0.2) is 11.5 Å². The molecule has 0 aliphatic rings. The van der Waals surface area contributed by atoms with E-state index < -0.39 is 38.3 Å². The first-order chi connectivity index (χ1) is 20.3. The number of sulfonamides is 2. The van der Waals surface area contributed by atoms with Crippen LogP contribution < -0.4 is 23.8 Å². The Bertz CT molecular complexity index is 1860. The van der Waals surface area contributed by atoms with Crippen molar-refractivity contribution < 1.29 is 35.5 Å². The maximum Gasteiger partial charge on any atom is 0.264 e. The number of rotatable bonds is 11. The summed E-state index contributed by atoms with van der Waals surface area (Å²) in [6, 6.07) is 18.1. The van der Waals surface area contributed by atoms with Crippen LogP contribution in [-0.2, 0) is 24.8 Å². The van der Waals surface area contributed by atoms with Crippen LogP contribution in [0.5, 0.6) is 11.5 Å². The number of ether oxygens (including phenoxy) is 2. The summed E-state index contributed by atoms with van der Waals surface area (Å²) in [5.41, 5.74) is 0.300. The molecule has 0 saturated heterocycles. The molecule has 226 valence electrons. The van der Waals surface area contributed by atoms with Crippen molar-refractivity contribution in [3.05, 3.63) is 101 Å². The molecule has 1 amide bonds. The summed E-state index contributed by atoms with van der Waals surface area (Å²) in [4.78, 5) is 12.7. The Kier molecular flexibility index (Phi) is 9.70. The SMILES string of the molecule is COc1ccc(S(=O)(=O)N(CC(=O)Nc2ccc(S(=O)(=O)Nc3cccc(Cl)c3Cl)cc2)c2ccc(F)cc2)cc1OC. The van der Waals surface area contributed by atoms with Crippen LogP contribution in [0.4, 0.5) is 21.5 Å². The first-order valence-corrected chi connectivity index (χ1v) is 15.9. The van der Waals surface area contributed by atoms with Crippen LogP contribution in [0, 0.1) is 5.82 Å². The molecule has 0 aliphatic carbocycles. The number of nitrogens with zero attached hydrogens (tertiary/aromatic N) is 1. The van der Waals surface area contributed by atoms with E-state index in [9.17, 15) is 26.0 Å². The first-order valence-electron chi connectivity index (χ1n) is 12.2. The van der Waals surface area contributed by atoms with Crippen LogP contribution in [0.1, 0.15) is 0 Å². The predicted octanol–water partition coefficient (Wildman–Crippen LogP) is 5.78. The van der Waals surface area contributed by atoms with Gasteiger partial charge in [0.2, 0.25) is 5.91 Å². The molecule has 15 heteroatoms. The fourth-order valence-electron chi connectivity index (χ4n) is 3.86. The average molecular weight is 669 g/mol. The Morgan fingerprint density at radius 3 is 2.09 bits per heavy atom. The third kappa shape index (κ3) is 7.31. The zero-order valence-corrected chi connectivity index (χ0v) is 25.7. The highest BCUT2D eigenvalue weighted by Crippen LogP contribution is 2.33. The Hall–Kier alpha value is -4.04. The summed E-state index contributed by atoms with van der Waals surface area (Å²) in [6.07, 6.45) is 0. The van der Waals surface area contributed by atoms with Crippen LogP contribution in [0.25, 0.3) is 0 Å². The van der Waals surface area contributed by atoms with E-state index in [0.717, 1.165) is 16.4 Å². The second kappa shape index (κ2) is 13.1. The summed E-state index contributed by atoms with van der Waals surface area (Å²) >= 11 is 12.0. The minimum atomic E-state index is -4.37. The van der Waals surface area contributed by atoms with Crippen molar-refractivity contribution in [2.24, 2.45) is 0 Å². The summed E-state index contributed by atoms with van der Waals surface area (Å²) in [7, 11) is -5.68. The van der Waals surface area contributed by atoms with Crippen molar-refractivity contribution in [1.29, 1.82) is 0 Å². The summed E-state index contributed by atoms with van der Waals surface area (Å²) < 4.78 is 80.2. The van der Waals surface area contributed by atoms with Crippen LogP contribution in [0.3, 0.4) is 0 Å². The topological polar surface area (TPSA) is 131 Å². The Morgan fingerprint density at radius 2 is 1.47 bits per heavy atom. The highest BCUT2D eigenvalue weighted by atomic mass is 35.5.